The predicted octanol–water partition coefficient (Wildman–Crippen LogP) is 14.0. The fraction of sp³-hybridized carbons (Fsp3) is 0. The predicted molar refractivity (Wildman–Crippen MR) is 219 cm³/mol. The van der Waals surface area contributed by atoms with E-state index in [1.807, 2.05) is 11.3 Å². The van der Waals surface area contributed by atoms with Crippen molar-refractivity contribution < 1.29 is 0 Å². The zero-order valence-electron chi connectivity index (χ0n) is 27.8. The fourth-order valence-electron chi connectivity index (χ4n) is 7.76. The van der Waals surface area contributed by atoms with Crippen LogP contribution >= 0.6 is 11.3 Å². The topological polar surface area (TPSA) is 8.17 Å². The first-order valence-corrected chi connectivity index (χ1v) is 18.2. The average molecular weight is 669 g/mol. The summed E-state index contributed by atoms with van der Waals surface area (Å²) in [4.78, 5) is 2.48. The molecule has 10 rings (SSSR count). The summed E-state index contributed by atoms with van der Waals surface area (Å²) in [6, 6.07) is 70.3. The largest absolute Gasteiger partial charge is 0.309 e. The Morgan fingerprint density at radius 2 is 1.02 bits per heavy atom. The third-order valence-electron chi connectivity index (χ3n) is 9.99. The summed E-state index contributed by atoms with van der Waals surface area (Å²) < 4.78 is 4.99. The van der Waals surface area contributed by atoms with E-state index in [4.69, 9.17) is 0 Å². The van der Waals surface area contributed by atoms with Crippen molar-refractivity contribution >= 4 is 70.4 Å². The summed E-state index contributed by atoms with van der Waals surface area (Å²) in [7, 11) is 0. The molecule has 2 heterocycles. The van der Waals surface area contributed by atoms with Crippen LogP contribution in [0.1, 0.15) is 0 Å². The quantitative estimate of drug-likeness (QED) is 0.171. The van der Waals surface area contributed by atoms with Gasteiger partial charge in [0.25, 0.3) is 0 Å². The van der Waals surface area contributed by atoms with Crippen LogP contribution in [0.3, 0.4) is 0 Å². The van der Waals surface area contributed by atoms with E-state index in [2.05, 4.69) is 204 Å². The van der Waals surface area contributed by atoms with Crippen molar-refractivity contribution in [1.29, 1.82) is 0 Å². The van der Waals surface area contributed by atoms with E-state index in [1.165, 1.54) is 69.9 Å². The third kappa shape index (κ3) is 4.85. The first-order valence-electron chi connectivity index (χ1n) is 17.4. The summed E-state index contributed by atoms with van der Waals surface area (Å²) in [6.45, 7) is 0. The molecule has 0 radical (unpaired) electrons. The van der Waals surface area contributed by atoms with Crippen LogP contribution in [0.5, 0.6) is 0 Å². The summed E-state index contributed by atoms with van der Waals surface area (Å²) in [5, 5.41) is 5.05. The second-order valence-corrected chi connectivity index (χ2v) is 14.0. The molecule has 0 bridgehead atoms. The number of hydrogen-bond donors (Lipinski definition) is 0. The minimum atomic E-state index is 1.12. The van der Waals surface area contributed by atoms with E-state index >= 15 is 0 Å². The van der Waals surface area contributed by atoms with Crippen LogP contribution in [-0.4, -0.2) is 4.57 Å². The lowest BCUT2D eigenvalue weighted by atomic mass is 9.98. The molecule has 0 fully saturated rings. The molecule has 51 heavy (non-hydrogen) atoms. The monoisotopic (exact) mass is 668 g/mol. The standard InChI is InChI=1S/C48H32N2S/c1-4-16-33(17-5-1)37-22-10-12-26-42(37)50(45-28-15-25-40-39-23-11-13-29-46(39)51-48(40)45)36-30-31-43-41(32-36)47-38(34-18-6-2-7-19-34)24-14-27-44(47)49(43)35-20-8-3-9-21-35/h1-32H. The van der Waals surface area contributed by atoms with Crippen LogP contribution in [-0.2, 0) is 0 Å². The van der Waals surface area contributed by atoms with Crippen molar-refractivity contribution in [3.63, 3.8) is 0 Å². The van der Waals surface area contributed by atoms with Crippen molar-refractivity contribution in [2.45, 2.75) is 0 Å². The number of fused-ring (bicyclic) bond motifs is 6. The molecule has 10 aromatic rings. The van der Waals surface area contributed by atoms with Gasteiger partial charge in [0.15, 0.2) is 0 Å². The van der Waals surface area contributed by atoms with Crippen molar-refractivity contribution in [3.8, 4) is 27.9 Å². The highest BCUT2D eigenvalue weighted by Gasteiger charge is 2.23. The minimum absolute atomic E-state index is 1.12. The van der Waals surface area contributed by atoms with E-state index in [0.717, 1.165) is 17.1 Å². The summed E-state index contributed by atoms with van der Waals surface area (Å²) in [6.07, 6.45) is 0. The number of aromatic nitrogens is 1. The molecule has 0 saturated heterocycles. The highest BCUT2D eigenvalue weighted by molar-refractivity contribution is 7.26. The molecule has 240 valence electrons. The van der Waals surface area contributed by atoms with Gasteiger partial charge in [-0.05, 0) is 71.3 Å². The number of hydrogen-bond acceptors (Lipinski definition) is 2. The summed E-state index contributed by atoms with van der Waals surface area (Å²) in [5.74, 6) is 0. The van der Waals surface area contributed by atoms with E-state index in [0.29, 0.717) is 0 Å². The smallest absolute Gasteiger partial charge is 0.0640 e. The molecule has 0 atom stereocenters. The van der Waals surface area contributed by atoms with Gasteiger partial charge < -0.3 is 9.47 Å². The zero-order chi connectivity index (χ0) is 33.7. The average Bonchev–Trinajstić information content (AvgIpc) is 3.75. The number of nitrogens with zero attached hydrogens (tertiary/aromatic N) is 2. The van der Waals surface area contributed by atoms with Crippen LogP contribution in [0.4, 0.5) is 17.1 Å². The minimum Gasteiger partial charge on any atom is -0.309 e. The molecule has 0 N–H and O–H groups in total. The van der Waals surface area contributed by atoms with Crippen molar-refractivity contribution in [1.82, 2.24) is 4.57 Å². The van der Waals surface area contributed by atoms with Crippen LogP contribution < -0.4 is 4.90 Å². The fourth-order valence-corrected chi connectivity index (χ4v) is 8.96. The molecule has 0 aliphatic rings. The molecule has 0 unspecified atom stereocenters. The Morgan fingerprint density at radius 3 is 1.82 bits per heavy atom. The van der Waals surface area contributed by atoms with Gasteiger partial charge in [-0.1, -0.05) is 140 Å². The summed E-state index contributed by atoms with van der Waals surface area (Å²) in [5.41, 5.74) is 11.8. The van der Waals surface area contributed by atoms with Gasteiger partial charge in [0.1, 0.15) is 0 Å². The molecule has 0 saturated carbocycles. The number of thiophene rings is 1. The van der Waals surface area contributed by atoms with Crippen LogP contribution in [0.15, 0.2) is 194 Å². The highest BCUT2D eigenvalue weighted by atomic mass is 32.1. The lowest BCUT2D eigenvalue weighted by Gasteiger charge is -2.28. The molecule has 0 spiro atoms. The maximum absolute atomic E-state index is 2.48. The van der Waals surface area contributed by atoms with Crippen LogP contribution in [0.2, 0.25) is 0 Å². The lowest BCUT2D eigenvalue weighted by Crippen LogP contribution is -2.11. The second-order valence-electron chi connectivity index (χ2n) is 12.9. The maximum Gasteiger partial charge on any atom is 0.0640 e. The first-order chi connectivity index (χ1) is 25.3. The highest BCUT2D eigenvalue weighted by Crippen LogP contribution is 2.48. The molecule has 0 aliphatic carbocycles. The summed E-state index contributed by atoms with van der Waals surface area (Å²) >= 11 is 1.87. The third-order valence-corrected chi connectivity index (χ3v) is 11.2. The molecular weight excluding hydrogens is 637 g/mol. The van der Waals surface area contributed by atoms with Crippen LogP contribution in [0, 0.1) is 0 Å². The zero-order valence-corrected chi connectivity index (χ0v) is 28.6. The Bertz CT molecular complexity index is 2850. The SMILES string of the molecule is c1ccc(-c2ccccc2N(c2ccc3c(c2)c2c(-c4ccccc4)cccc2n3-c2ccccc2)c2cccc3c2sc2ccccc23)cc1. The van der Waals surface area contributed by atoms with Gasteiger partial charge in [-0.25, -0.2) is 0 Å². The van der Waals surface area contributed by atoms with Gasteiger partial charge in [-0.15, -0.1) is 11.3 Å². The van der Waals surface area contributed by atoms with Crippen LogP contribution in [0.25, 0.3) is 69.9 Å². The Balaban J connectivity index is 1.31. The van der Waals surface area contributed by atoms with E-state index in [-0.39, 0.29) is 0 Å². The molecular formula is C48H32N2S. The molecule has 0 amide bonds. The van der Waals surface area contributed by atoms with Gasteiger partial charge in [0.05, 0.1) is 27.1 Å². The van der Waals surface area contributed by atoms with Gasteiger partial charge in [-0.2, -0.15) is 0 Å². The Labute approximate surface area is 300 Å². The van der Waals surface area contributed by atoms with Gasteiger partial charge >= 0.3 is 0 Å². The van der Waals surface area contributed by atoms with Gasteiger partial charge in [-0.3, -0.25) is 0 Å². The van der Waals surface area contributed by atoms with Crippen molar-refractivity contribution in [2.24, 2.45) is 0 Å². The van der Waals surface area contributed by atoms with Gasteiger partial charge in [0, 0.05) is 43.2 Å². The van der Waals surface area contributed by atoms with Crippen molar-refractivity contribution in [2.75, 3.05) is 4.90 Å². The molecule has 8 aromatic carbocycles. The number of para-hydroxylation sites is 2. The van der Waals surface area contributed by atoms with Crippen molar-refractivity contribution in [3.05, 3.63) is 194 Å². The first kappa shape index (κ1) is 29.5. The van der Waals surface area contributed by atoms with Gasteiger partial charge in [0.2, 0.25) is 0 Å². The number of anilines is 3. The Kier molecular flexibility index (Phi) is 7.04. The maximum atomic E-state index is 2.48. The normalized spacial score (nSPS) is 11.5. The second kappa shape index (κ2) is 12.2. The molecule has 0 aliphatic heterocycles. The molecule has 2 nitrogen and oxygen atoms in total. The lowest BCUT2D eigenvalue weighted by molar-refractivity contribution is 1.18. The Hall–Kier alpha value is -6.42. The molecule has 2 aromatic heterocycles. The van der Waals surface area contributed by atoms with E-state index in [9.17, 15) is 0 Å². The number of benzene rings is 8. The Morgan fingerprint density at radius 1 is 0.412 bits per heavy atom. The number of rotatable bonds is 6. The van der Waals surface area contributed by atoms with E-state index < -0.39 is 0 Å². The van der Waals surface area contributed by atoms with E-state index in [1.54, 1.807) is 0 Å². The molecule has 3 heteroatoms.